The van der Waals surface area contributed by atoms with Crippen molar-refractivity contribution in [3.63, 3.8) is 0 Å². The van der Waals surface area contributed by atoms with Crippen LogP contribution in [0.4, 0.5) is 5.69 Å². The molecule has 6 nitrogen and oxygen atoms in total. The largest absolute Gasteiger partial charge is 0.454 e. The van der Waals surface area contributed by atoms with E-state index in [4.69, 9.17) is 17.0 Å². The van der Waals surface area contributed by atoms with Crippen LogP contribution in [0.3, 0.4) is 0 Å². The summed E-state index contributed by atoms with van der Waals surface area (Å²) < 4.78 is 8.44. The highest BCUT2D eigenvalue weighted by molar-refractivity contribution is 8.00. The molecule has 0 N–H and O–H groups in total. The molecule has 0 unspecified atom stereocenters. The number of esters is 1. The Balaban J connectivity index is 1.42. The molecule has 1 aliphatic rings. The first-order chi connectivity index (χ1) is 15.7. The van der Waals surface area contributed by atoms with Crippen LogP contribution in [-0.4, -0.2) is 41.4 Å². The molecular weight excluding hydrogens is 474 g/mol. The van der Waals surface area contributed by atoms with Crippen molar-refractivity contribution in [2.75, 3.05) is 24.8 Å². The molecule has 1 aliphatic heterocycles. The molecule has 3 aromatic rings. The van der Waals surface area contributed by atoms with Gasteiger partial charge in [0.1, 0.15) is 0 Å². The lowest BCUT2D eigenvalue weighted by Crippen LogP contribution is -2.25. The minimum absolute atomic E-state index is 0.263. The summed E-state index contributed by atoms with van der Waals surface area (Å²) in [7, 11) is 1.94. The van der Waals surface area contributed by atoms with E-state index in [1.165, 1.54) is 23.1 Å². The fourth-order valence-corrected chi connectivity index (χ4v) is 5.70. The molecule has 9 heteroatoms. The van der Waals surface area contributed by atoms with Crippen molar-refractivity contribution in [1.82, 2.24) is 9.78 Å². The maximum absolute atomic E-state index is 12.6. The van der Waals surface area contributed by atoms with Gasteiger partial charge in [-0.15, -0.1) is 5.10 Å². The topological polar surface area (TPSA) is 64.4 Å². The van der Waals surface area contributed by atoms with Crippen LogP contribution in [0, 0.1) is 3.95 Å². The number of ketones is 1. The van der Waals surface area contributed by atoms with Gasteiger partial charge in [-0.2, -0.15) is 0 Å². The summed E-state index contributed by atoms with van der Waals surface area (Å²) in [5.41, 5.74) is 3.92. The molecular formula is C24H23N3O3S3. The van der Waals surface area contributed by atoms with E-state index < -0.39 is 5.97 Å². The van der Waals surface area contributed by atoms with Crippen LogP contribution in [0.2, 0.25) is 0 Å². The second-order valence-electron chi connectivity index (χ2n) is 8.07. The molecule has 2 aromatic carbocycles. The lowest BCUT2D eigenvalue weighted by molar-refractivity contribution is -0.117. The number of allylic oxidation sites excluding steroid dienone is 1. The molecule has 1 aromatic heterocycles. The third-order valence-corrected chi connectivity index (χ3v) is 7.84. The second kappa shape index (κ2) is 9.24. The molecule has 0 saturated heterocycles. The van der Waals surface area contributed by atoms with Crippen molar-refractivity contribution in [1.29, 1.82) is 0 Å². The monoisotopic (exact) mass is 497 g/mol. The van der Waals surface area contributed by atoms with Crippen LogP contribution in [0.25, 0.3) is 5.69 Å². The van der Waals surface area contributed by atoms with E-state index in [9.17, 15) is 9.59 Å². The Morgan fingerprint density at radius 2 is 1.88 bits per heavy atom. The highest BCUT2D eigenvalue weighted by Crippen LogP contribution is 2.46. The van der Waals surface area contributed by atoms with Gasteiger partial charge in [-0.05, 0) is 54.4 Å². The zero-order valence-corrected chi connectivity index (χ0v) is 21.1. The average molecular weight is 498 g/mol. The van der Waals surface area contributed by atoms with Gasteiger partial charge in [0, 0.05) is 29.9 Å². The zero-order valence-electron chi connectivity index (χ0n) is 18.7. The van der Waals surface area contributed by atoms with E-state index in [1.807, 2.05) is 36.4 Å². The predicted octanol–water partition coefficient (Wildman–Crippen LogP) is 5.42. The van der Waals surface area contributed by atoms with Gasteiger partial charge in [0.2, 0.25) is 0 Å². The molecule has 170 valence electrons. The number of carbonyl (C=O) groups excluding carboxylic acids is 2. The van der Waals surface area contributed by atoms with E-state index >= 15 is 0 Å². The van der Waals surface area contributed by atoms with Crippen molar-refractivity contribution in [2.24, 2.45) is 0 Å². The quantitative estimate of drug-likeness (QED) is 0.195. The molecule has 0 radical (unpaired) electrons. The molecule has 0 amide bonds. The number of fused-ring (bicyclic) bond motifs is 1. The summed E-state index contributed by atoms with van der Waals surface area (Å²) >= 11 is 8.31. The molecule has 0 bridgehead atoms. The number of para-hydroxylation sites is 1. The number of hydrogen-bond acceptors (Lipinski definition) is 8. The highest BCUT2D eigenvalue weighted by atomic mass is 32.2. The molecule has 33 heavy (non-hydrogen) atoms. The molecule has 0 saturated carbocycles. The molecule has 4 rings (SSSR count). The van der Waals surface area contributed by atoms with Crippen LogP contribution >= 0.6 is 35.3 Å². The molecule has 0 spiro atoms. The highest BCUT2D eigenvalue weighted by Gasteiger charge is 2.38. The maximum Gasteiger partial charge on any atom is 0.338 e. The Kier molecular flexibility index (Phi) is 6.56. The van der Waals surface area contributed by atoms with Crippen molar-refractivity contribution in [3.05, 3.63) is 75.4 Å². The number of nitrogens with zero attached hydrogens (tertiary/aromatic N) is 3. The van der Waals surface area contributed by atoms with Crippen LogP contribution in [0.1, 0.15) is 29.8 Å². The van der Waals surface area contributed by atoms with Gasteiger partial charge in [0.05, 0.1) is 11.3 Å². The normalized spacial score (nSPS) is 15.5. The number of anilines is 1. The fraction of sp³-hybridized carbons (Fsp3) is 0.250. The van der Waals surface area contributed by atoms with E-state index in [1.54, 1.807) is 35.0 Å². The lowest BCUT2D eigenvalue weighted by atomic mass is 9.83. The van der Waals surface area contributed by atoms with Gasteiger partial charge in [-0.3, -0.25) is 4.79 Å². The summed E-state index contributed by atoms with van der Waals surface area (Å²) in [6.07, 6.45) is 3.52. The Morgan fingerprint density at radius 3 is 2.52 bits per heavy atom. The van der Waals surface area contributed by atoms with Crippen molar-refractivity contribution in [3.8, 4) is 5.69 Å². The summed E-state index contributed by atoms with van der Waals surface area (Å²) in [4.78, 5) is 27.1. The Labute approximate surface area is 205 Å². The predicted molar refractivity (Wildman–Crippen MR) is 135 cm³/mol. The summed E-state index contributed by atoms with van der Waals surface area (Å²) in [5.74, 6) is -0.816. The Morgan fingerprint density at radius 1 is 1.18 bits per heavy atom. The number of carbonyl (C=O) groups is 2. The van der Waals surface area contributed by atoms with Crippen molar-refractivity contribution < 1.29 is 14.3 Å². The minimum Gasteiger partial charge on any atom is -0.454 e. The molecule has 2 heterocycles. The number of aromatic nitrogens is 2. The smallest absolute Gasteiger partial charge is 0.338 e. The third kappa shape index (κ3) is 4.53. The van der Waals surface area contributed by atoms with Crippen molar-refractivity contribution in [2.45, 2.75) is 23.6 Å². The van der Waals surface area contributed by atoms with E-state index in [0.717, 1.165) is 27.0 Å². The standard InChI is InChI=1S/C24H23N3O3S3/c1-24(2)18-7-5-6-8-19(18)26(3)20(24)13-17(28)14-30-21(29)15-9-11-16(12-10-15)27-23(31)33-22(25-27)32-4/h5-13H,14H2,1-4H3. The maximum atomic E-state index is 12.6. The van der Waals surface area contributed by atoms with Gasteiger partial charge in [-0.1, -0.05) is 55.1 Å². The third-order valence-electron chi connectivity index (χ3n) is 5.64. The summed E-state index contributed by atoms with van der Waals surface area (Å²) in [6, 6.07) is 14.9. The number of benzene rings is 2. The van der Waals surface area contributed by atoms with Gasteiger partial charge < -0.3 is 9.64 Å². The van der Waals surface area contributed by atoms with Gasteiger partial charge in [-0.25, -0.2) is 9.48 Å². The van der Waals surface area contributed by atoms with Crippen LogP contribution in [0.5, 0.6) is 0 Å². The number of hydrogen-bond donors (Lipinski definition) is 0. The Hall–Kier alpha value is -2.75. The lowest BCUT2D eigenvalue weighted by Gasteiger charge is -2.23. The number of thioether (sulfide) groups is 1. The number of rotatable bonds is 6. The van der Waals surface area contributed by atoms with Gasteiger partial charge in [0.15, 0.2) is 20.7 Å². The number of likely N-dealkylation sites (N-methyl/N-ethyl adjacent to an activating group) is 1. The van der Waals surface area contributed by atoms with E-state index in [0.29, 0.717) is 9.52 Å². The van der Waals surface area contributed by atoms with Crippen LogP contribution < -0.4 is 4.90 Å². The molecule has 0 atom stereocenters. The first-order valence-electron chi connectivity index (χ1n) is 10.2. The molecule has 0 fully saturated rings. The van der Waals surface area contributed by atoms with Crippen LogP contribution in [-0.2, 0) is 14.9 Å². The first-order valence-corrected chi connectivity index (χ1v) is 12.7. The summed E-state index contributed by atoms with van der Waals surface area (Å²) in [6.45, 7) is 3.84. The van der Waals surface area contributed by atoms with E-state index in [-0.39, 0.29) is 17.8 Å². The minimum atomic E-state index is -0.553. The van der Waals surface area contributed by atoms with Crippen molar-refractivity contribution >= 4 is 52.8 Å². The zero-order chi connectivity index (χ0) is 23.8. The molecule has 0 aliphatic carbocycles. The average Bonchev–Trinajstić information content (AvgIpc) is 3.28. The van der Waals surface area contributed by atoms with E-state index in [2.05, 4.69) is 25.0 Å². The number of ether oxygens (including phenoxy) is 1. The Bertz CT molecular complexity index is 1310. The fourth-order valence-electron chi connectivity index (χ4n) is 3.92. The summed E-state index contributed by atoms with van der Waals surface area (Å²) in [5, 5.41) is 4.44. The second-order valence-corrected chi connectivity index (χ2v) is 10.7. The van der Waals surface area contributed by atoms with Gasteiger partial charge >= 0.3 is 5.97 Å². The SMILES string of the molecule is CSc1nn(-c2ccc(C(=O)OCC(=O)C=C3N(C)c4ccccc4C3(C)C)cc2)c(=S)s1. The van der Waals surface area contributed by atoms with Crippen LogP contribution in [0.15, 0.2) is 64.6 Å². The van der Waals surface area contributed by atoms with Gasteiger partial charge in [0.25, 0.3) is 0 Å². The first kappa shape index (κ1) is 23.4.